The number of hydrogen-bond acceptors (Lipinski definition) is 6. The monoisotopic (exact) mass is 471 g/mol. The van der Waals surface area contributed by atoms with Gasteiger partial charge in [-0.05, 0) is 59.3 Å². The molecule has 0 aromatic heterocycles. The summed E-state index contributed by atoms with van der Waals surface area (Å²) in [5.41, 5.74) is 4.85. The van der Waals surface area contributed by atoms with Crippen LogP contribution in [0.25, 0.3) is 21.9 Å². The highest BCUT2D eigenvalue weighted by Gasteiger charge is 2.34. The van der Waals surface area contributed by atoms with E-state index in [1.54, 1.807) is 34.5 Å². The molecule has 0 aliphatic carbocycles. The average molecular weight is 472 g/mol. The number of phenols is 1. The summed E-state index contributed by atoms with van der Waals surface area (Å²) in [4.78, 5) is 2.33. The summed E-state index contributed by atoms with van der Waals surface area (Å²) in [5.74, 6) is 2.72. The molecule has 6 heteroatoms. The van der Waals surface area contributed by atoms with E-state index in [9.17, 15) is 5.11 Å². The van der Waals surface area contributed by atoms with Crippen molar-refractivity contribution < 1.29 is 24.1 Å². The lowest BCUT2D eigenvalue weighted by atomic mass is 9.85. The van der Waals surface area contributed by atoms with Gasteiger partial charge in [-0.2, -0.15) is 0 Å². The molecular formula is C29H29NO5. The molecule has 0 fully saturated rings. The summed E-state index contributed by atoms with van der Waals surface area (Å²) in [6.45, 7) is 2.84. The smallest absolute Gasteiger partial charge is 0.161 e. The van der Waals surface area contributed by atoms with Crippen LogP contribution in [0.4, 0.5) is 5.69 Å². The van der Waals surface area contributed by atoms with Gasteiger partial charge in [0, 0.05) is 17.5 Å². The maximum atomic E-state index is 11.4. The van der Waals surface area contributed by atoms with Gasteiger partial charge in [0.25, 0.3) is 0 Å². The summed E-state index contributed by atoms with van der Waals surface area (Å²) < 4.78 is 22.4. The lowest BCUT2D eigenvalue weighted by Crippen LogP contribution is -2.30. The molecule has 1 heterocycles. The predicted molar refractivity (Wildman–Crippen MR) is 138 cm³/mol. The van der Waals surface area contributed by atoms with Crippen LogP contribution in [0.1, 0.15) is 24.1 Å². The molecular weight excluding hydrogens is 442 g/mol. The molecule has 1 N–H and O–H groups in total. The number of nitrogens with zero attached hydrogens (tertiary/aromatic N) is 1. The molecule has 4 aromatic carbocycles. The van der Waals surface area contributed by atoms with E-state index in [0.717, 1.165) is 33.2 Å². The van der Waals surface area contributed by atoms with Crippen LogP contribution in [0.2, 0.25) is 0 Å². The minimum absolute atomic E-state index is 0.00407. The van der Waals surface area contributed by atoms with Gasteiger partial charge >= 0.3 is 0 Å². The quantitative estimate of drug-likeness (QED) is 0.355. The minimum Gasteiger partial charge on any atom is -0.507 e. The van der Waals surface area contributed by atoms with Gasteiger partial charge in [-0.1, -0.05) is 30.3 Å². The molecule has 1 unspecified atom stereocenters. The number of ether oxygens (including phenoxy) is 4. The highest BCUT2D eigenvalue weighted by molar-refractivity contribution is 6.08. The molecule has 0 saturated carbocycles. The number of benzene rings is 4. The molecule has 180 valence electrons. The van der Waals surface area contributed by atoms with Crippen LogP contribution in [-0.2, 0) is 6.54 Å². The Kier molecular flexibility index (Phi) is 5.81. The number of aromatic hydroxyl groups is 1. The van der Waals surface area contributed by atoms with Crippen molar-refractivity contribution in [2.75, 3.05) is 33.3 Å². The fourth-order valence-corrected chi connectivity index (χ4v) is 5.07. The predicted octanol–water partition coefficient (Wildman–Crippen LogP) is 6.33. The molecule has 0 bridgehead atoms. The van der Waals surface area contributed by atoms with Gasteiger partial charge in [0.05, 0.1) is 40.2 Å². The summed E-state index contributed by atoms with van der Waals surface area (Å²) >= 11 is 0. The van der Waals surface area contributed by atoms with E-state index in [0.29, 0.717) is 29.5 Å². The van der Waals surface area contributed by atoms with Gasteiger partial charge in [0.15, 0.2) is 23.0 Å². The molecule has 5 rings (SSSR count). The van der Waals surface area contributed by atoms with Gasteiger partial charge in [-0.3, -0.25) is 0 Å². The van der Waals surface area contributed by atoms with Crippen molar-refractivity contribution in [1.82, 2.24) is 0 Å². The largest absolute Gasteiger partial charge is 0.507 e. The second-order valence-electron chi connectivity index (χ2n) is 8.63. The lowest BCUT2D eigenvalue weighted by Gasteiger charge is -2.40. The molecule has 4 aromatic rings. The number of rotatable bonds is 6. The third kappa shape index (κ3) is 3.66. The number of hydrogen-bond donors (Lipinski definition) is 1. The van der Waals surface area contributed by atoms with Crippen LogP contribution in [0.15, 0.2) is 60.7 Å². The first kappa shape index (κ1) is 22.7. The Bertz CT molecular complexity index is 1400. The number of fused-ring (bicyclic) bond motifs is 5. The maximum absolute atomic E-state index is 11.4. The zero-order valence-electron chi connectivity index (χ0n) is 20.6. The van der Waals surface area contributed by atoms with E-state index in [1.807, 2.05) is 42.5 Å². The van der Waals surface area contributed by atoms with Crippen molar-refractivity contribution in [3.05, 3.63) is 71.8 Å². The SMILES string of the molecule is COc1cc2c(cc1OC)C(C)N(Cc1ccccc1)c1c-2c(O)cc2cc(OC)c(OC)cc12. The van der Waals surface area contributed by atoms with Gasteiger partial charge in [-0.25, -0.2) is 0 Å². The molecule has 0 radical (unpaired) electrons. The van der Waals surface area contributed by atoms with Crippen molar-refractivity contribution >= 4 is 16.5 Å². The van der Waals surface area contributed by atoms with Crippen LogP contribution in [0.5, 0.6) is 28.7 Å². The molecule has 1 atom stereocenters. The van der Waals surface area contributed by atoms with Crippen LogP contribution in [-0.4, -0.2) is 33.5 Å². The van der Waals surface area contributed by atoms with E-state index >= 15 is 0 Å². The maximum Gasteiger partial charge on any atom is 0.161 e. The van der Waals surface area contributed by atoms with Gasteiger partial charge in [0.1, 0.15) is 5.75 Å². The number of methoxy groups -OCH3 is 4. The minimum atomic E-state index is -0.00407. The number of phenolic OH excluding ortho intramolecular Hbond substituents is 1. The van der Waals surface area contributed by atoms with Crippen molar-refractivity contribution in [1.29, 1.82) is 0 Å². The van der Waals surface area contributed by atoms with E-state index in [2.05, 4.69) is 24.0 Å². The Morgan fingerprint density at radius 1 is 0.771 bits per heavy atom. The highest BCUT2D eigenvalue weighted by Crippen LogP contribution is 2.55. The van der Waals surface area contributed by atoms with E-state index in [-0.39, 0.29) is 11.8 Å². The topological polar surface area (TPSA) is 60.4 Å². The van der Waals surface area contributed by atoms with E-state index < -0.39 is 0 Å². The lowest BCUT2D eigenvalue weighted by molar-refractivity contribution is 0.354. The van der Waals surface area contributed by atoms with Crippen molar-refractivity contribution in [3.63, 3.8) is 0 Å². The van der Waals surface area contributed by atoms with Crippen LogP contribution in [0, 0.1) is 0 Å². The first-order valence-electron chi connectivity index (χ1n) is 11.5. The molecule has 0 amide bonds. The van der Waals surface area contributed by atoms with E-state index in [4.69, 9.17) is 18.9 Å². The third-order valence-corrected chi connectivity index (χ3v) is 6.82. The Morgan fingerprint density at radius 3 is 2.03 bits per heavy atom. The van der Waals surface area contributed by atoms with Crippen molar-refractivity contribution in [3.8, 4) is 39.9 Å². The Morgan fingerprint density at radius 2 is 1.37 bits per heavy atom. The van der Waals surface area contributed by atoms with Gasteiger partial charge in [-0.15, -0.1) is 0 Å². The third-order valence-electron chi connectivity index (χ3n) is 6.82. The summed E-state index contributed by atoms with van der Waals surface area (Å²) in [5, 5.41) is 13.2. The molecule has 35 heavy (non-hydrogen) atoms. The first-order valence-corrected chi connectivity index (χ1v) is 11.5. The van der Waals surface area contributed by atoms with Crippen LogP contribution < -0.4 is 23.8 Å². The van der Waals surface area contributed by atoms with E-state index in [1.165, 1.54) is 5.56 Å². The summed E-state index contributed by atoms with van der Waals surface area (Å²) in [6, 6.07) is 20.0. The molecule has 1 aliphatic heterocycles. The Hall–Kier alpha value is -4.06. The van der Waals surface area contributed by atoms with Crippen molar-refractivity contribution in [2.24, 2.45) is 0 Å². The highest BCUT2D eigenvalue weighted by atomic mass is 16.5. The molecule has 6 nitrogen and oxygen atoms in total. The van der Waals surface area contributed by atoms with Gasteiger partial charge in [0.2, 0.25) is 0 Å². The summed E-state index contributed by atoms with van der Waals surface area (Å²) in [7, 11) is 6.50. The van der Waals surface area contributed by atoms with Crippen LogP contribution >= 0.6 is 0 Å². The second kappa shape index (κ2) is 8.95. The zero-order chi connectivity index (χ0) is 24.7. The molecule has 0 saturated heterocycles. The Balaban J connectivity index is 1.86. The van der Waals surface area contributed by atoms with Gasteiger partial charge < -0.3 is 29.0 Å². The normalized spacial score (nSPS) is 14.3. The second-order valence-corrected chi connectivity index (χ2v) is 8.63. The molecule has 1 aliphatic rings. The Labute approximate surface area is 205 Å². The summed E-state index contributed by atoms with van der Waals surface area (Å²) in [6.07, 6.45) is 0. The molecule has 0 spiro atoms. The number of anilines is 1. The fraction of sp³-hybridized carbons (Fsp3) is 0.241. The zero-order valence-corrected chi connectivity index (χ0v) is 20.6. The van der Waals surface area contributed by atoms with Crippen LogP contribution in [0.3, 0.4) is 0 Å². The average Bonchev–Trinajstić information content (AvgIpc) is 2.89. The first-order chi connectivity index (χ1) is 17.0. The fourth-order valence-electron chi connectivity index (χ4n) is 5.07. The standard InChI is InChI=1S/C29H29NO5/c1-17-20-13-25(33-3)27(35-5)15-22(20)28-23(31)11-19-12-24(32-2)26(34-4)14-21(19)29(28)30(17)16-18-9-7-6-8-10-18/h6-15,17,31H,16H2,1-5H3. The van der Waals surface area contributed by atoms with Crippen molar-refractivity contribution in [2.45, 2.75) is 19.5 Å².